The van der Waals surface area contributed by atoms with Crippen molar-refractivity contribution in [2.24, 2.45) is 4.99 Å². The van der Waals surface area contributed by atoms with Crippen LogP contribution in [0.5, 0.6) is 5.75 Å². The average Bonchev–Trinajstić information content (AvgIpc) is 3.21. The fourth-order valence-corrected chi connectivity index (χ4v) is 3.75. The highest BCUT2D eigenvalue weighted by molar-refractivity contribution is 8.18. The normalized spacial score (nSPS) is 17.4. The number of thioether (sulfide) groups is 1. The van der Waals surface area contributed by atoms with E-state index in [-0.39, 0.29) is 11.7 Å². The van der Waals surface area contributed by atoms with Gasteiger partial charge in [-0.15, -0.1) is 16.8 Å². The molecular weight excluding hydrogens is 370 g/mol. The van der Waals surface area contributed by atoms with E-state index in [2.05, 4.69) is 27.2 Å². The lowest BCUT2D eigenvalue weighted by atomic mass is 10.2. The SMILES string of the molecule is C=CCNN1C(=O)/C(=C/c2ccccc2O)SC1=Nc1nnc(CC)s1. The summed E-state index contributed by atoms with van der Waals surface area (Å²) in [5, 5.41) is 21.2. The number of carbonyl (C=O) groups excluding carboxylic acids is 1. The summed E-state index contributed by atoms with van der Waals surface area (Å²) in [5.41, 5.74) is 3.54. The first-order valence-corrected chi connectivity index (χ1v) is 9.53. The van der Waals surface area contributed by atoms with Gasteiger partial charge < -0.3 is 5.11 Å². The first kappa shape index (κ1) is 18.3. The monoisotopic (exact) mass is 387 g/mol. The second kappa shape index (κ2) is 8.26. The van der Waals surface area contributed by atoms with Gasteiger partial charge in [0, 0.05) is 12.1 Å². The molecule has 2 N–H and O–H groups in total. The zero-order chi connectivity index (χ0) is 18.5. The van der Waals surface area contributed by atoms with Crippen LogP contribution in [0, 0.1) is 0 Å². The lowest BCUT2D eigenvalue weighted by molar-refractivity contribution is -0.124. The number of phenolic OH excluding ortho intramolecular Hbond substituents is 1. The molecule has 0 spiro atoms. The number of hydrogen-bond donors (Lipinski definition) is 2. The van der Waals surface area contributed by atoms with Gasteiger partial charge >= 0.3 is 0 Å². The van der Waals surface area contributed by atoms with Gasteiger partial charge in [-0.1, -0.05) is 42.5 Å². The standard InChI is InChI=1S/C17H17N5O2S2/c1-3-9-18-22-15(24)13(10-11-7-5-6-8-12(11)23)25-17(22)19-16-21-20-14(4-2)26-16/h3,5-8,10,18,23H,1,4,9H2,2H3/b13-10-,19-17?. The Morgan fingerprint density at radius 1 is 1.38 bits per heavy atom. The molecule has 0 bridgehead atoms. The maximum absolute atomic E-state index is 12.7. The molecule has 1 aliphatic rings. The Labute approximate surface area is 159 Å². The molecule has 1 aromatic heterocycles. The Morgan fingerprint density at radius 3 is 2.88 bits per heavy atom. The first-order chi connectivity index (χ1) is 12.6. The number of nitrogens with zero attached hydrogens (tertiary/aromatic N) is 4. The van der Waals surface area contributed by atoms with E-state index in [9.17, 15) is 9.90 Å². The number of nitrogens with one attached hydrogen (secondary N) is 1. The van der Waals surface area contributed by atoms with Gasteiger partial charge in [-0.25, -0.2) is 10.4 Å². The summed E-state index contributed by atoms with van der Waals surface area (Å²) < 4.78 is 0. The molecule has 3 rings (SSSR count). The van der Waals surface area contributed by atoms with E-state index in [1.54, 1.807) is 36.4 Å². The number of aryl methyl sites for hydroxylation is 1. The number of hydrogen-bond acceptors (Lipinski definition) is 8. The Hall–Kier alpha value is -2.49. The maximum Gasteiger partial charge on any atom is 0.281 e. The summed E-state index contributed by atoms with van der Waals surface area (Å²) in [4.78, 5) is 17.6. The molecule has 1 aliphatic heterocycles. The topological polar surface area (TPSA) is 90.7 Å². The molecule has 134 valence electrons. The van der Waals surface area contributed by atoms with E-state index >= 15 is 0 Å². The number of aromatic nitrogens is 2. The quantitative estimate of drug-likeness (QED) is 0.585. The number of rotatable bonds is 6. The van der Waals surface area contributed by atoms with Crippen LogP contribution in [0.1, 0.15) is 17.5 Å². The number of amidine groups is 1. The van der Waals surface area contributed by atoms with Crippen LogP contribution in [0.15, 0.2) is 46.8 Å². The van der Waals surface area contributed by atoms with E-state index in [1.165, 1.54) is 28.1 Å². The van der Waals surface area contributed by atoms with Gasteiger partial charge in [0.2, 0.25) is 5.13 Å². The average molecular weight is 387 g/mol. The van der Waals surface area contributed by atoms with Crippen LogP contribution in [0.4, 0.5) is 5.13 Å². The molecule has 0 unspecified atom stereocenters. The number of amides is 1. The van der Waals surface area contributed by atoms with Gasteiger partial charge in [-0.05, 0) is 30.3 Å². The smallest absolute Gasteiger partial charge is 0.281 e. The maximum atomic E-state index is 12.7. The Bertz CT molecular complexity index is 891. The lowest BCUT2D eigenvalue weighted by Gasteiger charge is -2.14. The van der Waals surface area contributed by atoms with Gasteiger partial charge in [0.25, 0.3) is 5.91 Å². The van der Waals surface area contributed by atoms with Gasteiger partial charge in [-0.3, -0.25) is 4.79 Å². The van der Waals surface area contributed by atoms with E-state index < -0.39 is 0 Å². The molecule has 0 saturated carbocycles. The van der Waals surface area contributed by atoms with Crippen molar-refractivity contribution in [3.8, 4) is 5.75 Å². The Morgan fingerprint density at radius 2 is 2.19 bits per heavy atom. The molecule has 2 heterocycles. The van der Waals surface area contributed by atoms with E-state index in [1.807, 2.05) is 6.92 Å². The summed E-state index contributed by atoms with van der Waals surface area (Å²) in [6.07, 6.45) is 4.08. The zero-order valence-corrected chi connectivity index (χ0v) is 15.7. The van der Waals surface area contributed by atoms with E-state index in [0.29, 0.717) is 27.3 Å². The molecule has 2 aromatic rings. The van der Waals surface area contributed by atoms with Crippen molar-refractivity contribution in [3.05, 3.63) is 52.4 Å². The molecule has 0 aliphatic carbocycles. The Kier molecular flexibility index (Phi) is 5.82. The van der Waals surface area contributed by atoms with Crippen LogP contribution < -0.4 is 5.43 Å². The summed E-state index contributed by atoms with van der Waals surface area (Å²) in [6.45, 7) is 6.06. The number of para-hydroxylation sites is 1. The van der Waals surface area contributed by atoms with Gasteiger partial charge in [0.1, 0.15) is 10.8 Å². The summed E-state index contributed by atoms with van der Waals surface area (Å²) in [7, 11) is 0. The molecule has 9 heteroatoms. The van der Waals surface area contributed by atoms with Gasteiger partial charge in [0.15, 0.2) is 5.17 Å². The fraction of sp³-hybridized carbons (Fsp3) is 0.176. The first-order valence-electron chi connectivity index (χ1n) is 7.89. The number of carbonyl (C=O) groups is 1. The predicted octanol–water partition coefficient (Wildman–Crippen LogP) is 3.10. The van der Waals surface area contributed by atoms with Crippen LogP contribution in [0.2, 0.25) is 0 Å². The third kappa shape index (κ3) is 4.01. The molecule has 26 heavy (non-hydrogen) atoms. The highest BCUT2D eigenvalue weighted by Gasteiger charge is 2.34. The minimum atomic E-state index is -0.251. The molecular formula is C17H17N5O2S2. The van der Waals surface area contributed by atoms with Crippen LogP contribution >= 0.6 is 23.1 Å². The third-order valence-electron chi connectivity index (χ3n) is 3.37. The van der Waals surface area contributed by atoms with Crippen LogP contribution in [0.25, 0.3) is 6.08 Å². The zero-order valence-electron chi connectivity index (χ0n) is 14.0. The molecule has 1 amide bonds. The lowest BCUT2D eigenvalue weighted by Crippen LogP contribution is -2.41. The Balaban J connectivity index is 1.94. The largest absolute Gasteiger partial charge is 0.507 e. The molecule has 7 nitrogen and oxygen atoms in total. The van der Waals surface area contributed by atoms with E-state index in [4.69, 9.17) is 0 Å². The third-order valence-corrected chi connectivity index (χ3v) is 5.30. The van der Waals surface area contributed by atoms with Crippen molar-refractivity contribution in [1.29, 1.82) is 0 Å². The number of hydrazine groups is 1. The van der Waals surface area contributed by atoms with Crippen LogP contribution in [-0.4, -0.2) is 37.9 Å². The minimum absolute atomic E-state index is 0.112. The van der Waals surface area contributed by atoms with Crippen molar-refractivity contribution in [2.45, 2.75) is 13.3 Å². The second-order valence-corrected chi connectivity index (χ2v) is 7.24. The summed E-state index contributed by atoms with van der Waals surface area (Å²) >= 11 is 2.60. The number of phenols is 1. The number of aliphatic imine (C=N–C) groups is 1. The molecule has 1 saturated heterocycles. The molecule has 0 atom stereocenters. The van der Waals surface area contributed by atoms with Crippen molar-refractivity contribution >= 4 is 45.4 Å². The summed E-state index contributed by atoms with van der Waals surface area (Å²) in [5.74, 6) is -0.139. The highest BCUT2D eigenvalue weighted by atomic mass is 32.2. The van der Waals surface area contributed by atoms with Crippen molar-refractivity contribution in [1.82, 2.24) is 20.6 Å². The van der Waals surface area contributed by atoms with Crippen molar-refractivity contribution < 1.29 is 9.90 Å². The predicted molar refractivity (Wildman–Crippen MR) is 105 cm³/mol. The molecule has 0 radical (unpaired) electrons. The second-order valence-electron chi connectivity index (χ2n) is 5.19. The van der Waals surface area contributed by atoms with Gasteiger partial charge in [-0.2, -0.15) is 4.99 Å². The summed E-state index contributed by atoms with van der Waals surface area (Å²) in [6, 6.07) is 6.84. The van der Waals surface area contributed by atoms with Gasteiger partial charge in [0.05, 0.1) is 4.91 Å². The van der Waals surface area contributed by atoms with Crippen LogP contribution in [-0.2, 0) is 11.2 Å². The van der Waals surface area contributed by atoms with Crippen LogP contribution in [0.3, 0.4) is 0 Å². The minimum Gasteiger partial charge on any atom is -0.507 e. The van der Waals surface area contributed by atoms with Crippen molar-refractivity contribution in [3.63, 3.8) is 0 Å². The highest BCUT2D eigenvalue weighted by Crippen LogP contribution is 2.34. The number of benzene rings is 1. The molecule has 1 aromatic carbocycles. The number of aromatic hydroxyl groups is 1. The molecule has 1 fully saturated rings. The van der Waals surface area contributed by atoms with E-state index in [0.717, 1.165) is 11.4 Å². The fourth-order valence-electron chi connectivity index (χ4n) is 2.11. The van der Waals surface area contributed by atoms with Crippen molar-refractivity contribution in [2.75, 3.05) is 6.54 Å².